The minimum Gasteiger partial charge on any atom is -0.497 e. The summed E-state index contributed by atoms with van der Waals surface area (Å²) < 4.78 is 11.1. The highest BCUT2D eigenvalue weighted by Gasteiger charge is 2.70. The first-order valence-electron chi connectivity index (χ1n) is 8.67. The largest absolute Gasteiger partial charge is 0.497 e. The van der Waals surface area contributed by atoms with Gasteiger partial charge in [0, 0.05) is 17.9 Å². The van der Waals surface area contributed by atoms with E-state index in [9.17, 15) is 4.79 Å². The molecule has 1 aromatic rings. The Morgan fingerprint density at radius 3 is 2.92 bits per heavy atom. The summed E-state index contributed by atoms with van der Waals surface area (Å²) in [6.45, 7) is 6.81. The van der Waals surface area contributed by atoms with Gasteiger partial charge in [0.1, 0.15) is 11.3 Å². The van der Waals surface area contributed by atoms with Crippen molar-refractivity contribution in [3.8, 4) is 5.75 Å². The van der Waals surface area contributed by atoms with Crippen LogP contribution in [0.2, 0.25) is 0 Å². The van der Waals surface area contributed by atoms with Gasteiger partial charge in [0.2, 0.25) is 5.91 Å². The van der Waals surface area contributed by atoms with Crippen LogP contribution in [0.15, 0.2) is 24.3 Å². The fourth-order valence-electron chi connectivity index (χ4n) is 4.35. The van der Waals surface area contributed by atoms with Crippen molar-refractivity contribution in [2.24, 2.45) is 17.1 Å². The van der Waals surface area contributed by atoms with Gasteiger partial charge in [-0.3, -0.25) is 4.79 Å². The van der Waals surface area contributed by atoms with Crippen molar-refractivity contribution in [3.05, 3.63) is 29.8 Å². The fourth-order valence-corrected chi connectivity index (χ4v) is 4.35. The molecule has 2 fully saturated rings. The molecule has 1 aliphatic carbocycles. The van der Waals surface area contributed by atoms with Gasteiger partial charge >= 0.3 is 0 Å². The highest BCUT2D eigenvalue weighted by atomic mass is 16.5. The molecule has 4 unspecified atom stereocenters. The second-order valence-corrected chi connectivity index (χ2v) is 7.60. The number of carbonyl (C=O) groups is 1. The van der Waals surface area contributed by atoms with Crippen LogP contribution in [0.3, 0.4) is 0 Å². The van der Waals surface area contributed by atoms with E-state index in [1.54, 1.807) is 7.11 Å². The Balaban J connectivity index is 1.76. The number of nitrogens with two attached hydrogens (primary N) is 1. The van der Waals surface area contributed by atoms with Crippen molar-refractivity contribution >= 4 is 5.91 Å². The summed E-state index contributed by atoms with van der Waals surface area (Å²) in [4.78, 5) is 13.0. The predicted molar refractivity (Wildman–Crippen MR) is 92.7 cm³/mol. The van der Waals surface area contributed by atoms with E-state index in [4.69, 9.17) is 15.2 Å². The molecule has 2 aliphatic rings. The summed E-state index contributed by atoms with van der Waals surface area (Å²) in [6, 6.07) is 7.60. The van der Waals surface area contributed by atoms with Gasteiger partial charge in [-0.1, -0.05) is 26.0 Å². The molecule has 0 radical (unpaired) electrons. The summed E-state index contributed by atoms with van der Waals surface area (Å²) in [6.07, 6.45) is 2.00. The average molecular weight is 332 g/mol. The Morgan fingerprint density at radius 1 is 1.46 bits per heavy atom. The van der Waals surface area contributed by atoms with E-state index in [0.29, 0.717) is 0 Å². The SMILES string of the molecule is COc1cccc(C(C)NC(=O)C2(N)C3CCCOC3C2(C)C)c1. The lowest BCUT2D eigenvalue weighted by molar-refractivity contribution is -0.225. The molecule has 1 saturated heterocycles. The molecular weight excluding hydrogens is 304 g/mol. The van der Waals surface area contributed by atoms with E-state index in [1.807, 2.05) is 45.0 Å². The maximum atomic E-state index is 13.0. The summed E-state index contributed by atoms with van der Waals surface area (Å²) >= 11 is 0. The van der Waals surface area contributed by atoms with Crippen molar-refractivity contribution in [1.82, 2.24) is 5.32 Å². The van der Waals surface area contributed by atoms with E-state index in [2.05, 4.69) is 5.32 Å². The predicted octanol–water partition coefficient (Wildman–Crippen LogP) is 2.40. The van der Waals surface area contributed by atoms with Crippen LogP contribution < -0.4 is 15.8 Å². The van der Waals surface area contributed by atoms with Gasteiger partial charge in [-0.2, -0.15) is 0 Å². The van der Waals surface area contributed by atoms with Crippen LogP contribution in [0.4, 0.5) is 0 Å². The summed E-state index contributed by atoms with van der Waals surface area (Å²) in [5.41, 5.74) is 6.40. The first kappa shape index (κ1) is 17.2. The van der Waals surface area contributed by atoms with E-state index in [1.165, 1.54) is 0 Å². The molecule has 3 N–H and O–H groups in total. The smallest absolute Gasteiger partial charge is 0.241 e. The minimum absolute atomic E-state index is 0.0779. The Bertz CT molecular complexity index is 631. The van der Waals surface area contributed by atoms with Crippen molar-refractivity contribution in [3.63, 3.8) is 0 Å². The third-order valence-electron chi connectivity index (χ3n) is 6.00. The first-order valence-corrected chi connectivity index (χ1v) is 8.67. The van der Waals surface area contributed by atoms with Crippen molar-refractivity contribution in [2.45, 2.75) is 51.3 Å². The van der Waals surface area contributed by atoms with Crippen LogP contribution in [-0.4, -0.2) is 31.3 Å². The topological polar surface area (TPSA) is 73.6 Å². The maximum absolute atomic E-state index is 13.0. The molecule has 5 nitrogen and oxygen atoms in total. The Hall–Kier alpha value is -1.59. The highest BCUT2D eigenvalue weighted by molar-refractivity contribution is 5.89. The summed E-state index contributed by atoms with van der Waals surface area (Å²) in [5.74, 6) is 0.786. The Morgan fingerprint density at radius 2 is 2.21 bits per heavy atom. The number of hydrogen-bond acceptors (Lipinski definition) is 4. The van der Waals surface area contributed by atoms with Crippen molar-refractivity contribution in [2.75, 3.05) is 13.7 Å². The van der Waals surface area contributed by atoms with Gasteiger partial charge in [-0.05, 0) is 37.5 Å². The number of hydrogen-bond donors (Lipinski definition) is 2. The van der Waals surface area contributed by atoms with Crippen LogP contribution in [0.25, 0.3) is 0 Å². The Kier molecular flexibility index (Phi) is 4.34. The molecule has 1 aromatic carbocycles. The number of nitrogens with one attached hydrogen (secondary N) is 1. The minimum atomic E-state index is -0.884. The quantitative estimate of drug-likeness (QED) is 0.888. The van der Waals surface area contributed by atoms with E-state index >= 15 is 0 Å². The molecule has 0 aromatic heterocycles. The van der Waals surface area contributed by atoms with Crippen LogP contribution in [0.1, 0.15) is 45.2 Å². The normalized spacial score (nSPS) is 32.2. The second kappa shape index (κ2) is 6.05. The lowest BCUT2D eigenvalue weighted by Gasteiger charge is -2.65. The number of benzene rings is 1. The zero-order valence-electron chi connectivity index (χ0n) is 15.0. The molecule has 0 bridgehead atoms. The number of amides is 1. The van der Waals surface area contributed by atoms with Crippen LogP contribution in [-0.2, 0) is 9.53 Å². The fraction of sp³-hybridized carbons (Fsp3) is 0.632. The summed E-state index contributed by atoms with van der Waals surface area (Å²) in [5, 5.41) is 3.10. The number of carbonyl (C=O) groups excluding carboxylic acids is 1. The van der Waals surface area contributed by atoms with Crippen molar-refractivity contribution in [1.29, 1.82) is 0 Å². The zero-order chi connectivity index (χ0) is 17.5. The number of rotatable bonds is 4. The first-order chi connectivity index (χ1) is 11.3. The Labute approximate surface area is 143 Å². The highest BCUT2D eigenvalue weighted by Crippen LogP contribution is 2.57. The molecule has 1 heterocycles. The van der Waals surface area contributed by atoms with Crippen molar-refractivity contribution < 1.29 is 14.3 Å². The van der Waals surface area contributed by atoms with Crippen LogP contribution in [0, 0.1) is 11.3 Å². The van der Waals surface area contributed by atoms with Gasteiger partial charge in [-0.25, -0.2) is 0 Å². The molecule has 1 amide bonds. The van der Waals surface area contributed by atoms with Gasteiger partial charge in [0.05, 0.1) is 19.3 Å². The lowest BCUT2D eigenvalue weighted by atomic mass is 9.46. The van der Waals surface area contributed by atoms with E-state index in [-0.39, 0.29) is 29.4 Å². The molecule has 0 spiro atoms. The van der Waals surface area contributed by atoms with Gasteiger partial charge in [0.25, 0.3) is 0 Å². The van der Waals surface area contributed by atoms with E-state index < -0.39 is 5.54 Å². The summed E-state index contributed by atoms with van der Waals surface area (Å²) in [7, 11) is 1.64. The number of ether oxygens (including phenoxy) is 2. The number of methoxy groups -OCH3 is 1. The molecule has 5 heteroatoms. The van der Waals surface area contributed by atoms with Gasteiger partial charge < -0.3 is 20.5 Å². The molecule has 132 valence electrons. The maximum Gasteiger partial charge on any atom is 0.241 e. The molecule has 1 aliphatic heterocycles. The molecule has 24 heavy (non-hydrogen) atoms. The molecule has 4 atom stereocenters. The second-order valence-electron chi connectivity index (χ2n) is 7.60. The molecular formula is C19H28N2O3. The zero-order valence-corrected chi connectivity index (χ0v) is 15.0. The third kappa shape index (κ3) is 2.42. The van der Waals surface area contributed by atoms with Crippen LogP contribution in [0.5, 0.6) is 5.75 Å². The third-order valence-corrected chi connectivity index (χ3v) is 6.00. The molecule has 3 rings (SSSR count). The van der Waals surface area contributed by atoms with Gasteiger partial charge in [-0.15, -0.1) is 0 Å². The van der Waals surface area contributed by atoms with Gasteiger partial charge in [0.15, 0.2) is 0 Å². The average Bonchev–Trinajstić information content (AvgIpc) is 2.60. The van der Waals surface area contributed by atoms with Crippen LogP contribution >= 0.6 is 0 Å². The monoisotopic (exact) mass is 332 g/mol. The number of fused-ring (bicyclic) bond motifs is 1. The standard InChI is InChI=1S/C19H28N2O3/c1-12(13-7-5-8-14(11-13)23-4)21-17(22)19(20)15-9-6-10-24-16(15)18(19,2)3/h5,7-8,11-12,15-16H,6,9-10,20H2,1-4H3,(H,21,22). The molecule has 1 saturated carbocycles. The lowest BCUT2D eigenvalue weighted by Crippen LogP contribution is -2.82. The van der Waals surface area contributed by atoms with E-state index in [0.717, 1.165) is 30.8 Å².